The average molecular weight is 274 g/mol. The lowest BCUT2D eigenvalue weighted by Crippen LogP contribution is -2.29. The van der Waals surface area contributed by atoms with Crippen molar-refractivity contribution in [2.45, 2.75) is 19.8 Å². The zero-order chi connectivity index (χ0) is 12.7. The Morgan fingerprint density at radius 2 is 2.12 bits per heavy atom. The molecule has 4 heteroatoms. The molecule has 0 saturated carbocycles. The van der Waals surface area contributed by atoms with Crippen molar-refractivity contribution in [2.24, 2.45) is 5.92 Å². The van der Waals surface area contributed by atoms with E-state index in [1.165, 1.54) is 0 Å². The van der Waals surface area contributed by atoms with E-state index in [-0.39, 0.29) is 5.91 Å². The van der Waals surface area contributed by atoms with Crippen LogP contribution in [0.15, 0.2) is 24.3 Å². The molecule has 0 aliphatic heterocycles. The van der Waals surface area contributed by atoms with E-state index in [2.05, 4.69) is 12.2 Å². The van der Waals surface area contributed by atoms with E-state index < -0.39 is 0 Å². The van der Waals surface area contributed by atoms with Crippen molar-refractivity contribution in [1.29, 1.82) is 0 Å². The second-order valence-corrected chi connectivity index (χ2v) is 4.73. The van der Waals surface area contributed by atoms with Crippen LogP contribution in [-0.2, 0) is 0 Å². The predicted molar refractivity (Wildman–Crippen MR) is 72.9 cm³/mol. The number of halogens is 2. The summed E-state index contributed by atoms with van der Waals surface area (Å²) in [6.07, 6.45) is 1.93. The highest BCUT2D eigenvalue weighted by molar-refractivity contribution is 6.33. The third-order valence-electron chi connectivity index (χ3n) is 2.76. The largest absolute Gasteiger partial charge is 0.352 e. The van der Waals surface area contributed by atoms with Gasteiger partial charge >= 0.3 is 0 Å². The first-order valence-corrected chi connectivity index (χ1v) is 6.69. The third-order valence-corrected chi connectivity index (χ3v) is 3.31. The lowest BCUT2D eigenvalue weighted by molar-refractivity contribution is 0.0946. The summed E-state index contributed by atoms with van der Waals surface area (Å²) in [5.74, 6) is 0.933. The van der Waals surface area contributed by atoms with Crippen LogP contribution in [0.1, 0.15) is 30.1 Å². The molecule has 1 amide bonds. The highest BCUT2D eigenvalue weighted by Crippen LogP contribution is 2.15. The summed E-state index contributed by atoms with van der Waals surface area (Å²) >= 11 is 11.6. The van der Waals surface area contributed by atoms with Gasteiger partial charge in [-0.15, -0.1) is 11.6 Å². The van der Waals surface area contributed by atoms with Gasteiger partial charge in [0.25, 0.3) is 5.91 Å². The average Bonchev–Trinajstić information content (AvgIpc) is 2.34. The maximum Gasteiger partial charge on any atom is 0.252 e. The van der Waals surface area contributed by atoms with Crippen LogP contribution in [0.4, 0.5) is 0 Å². The Bertz CT molecular complexity index is 368. The highest BCUT2D eigenvalue weighted by atomic mass is 35.5. The van der Waals surface area contributed by atoms with Gasteiger partial charge in [0.05, 0.1) is 10.6 Å². The first-order chi connectivity index (χ1) is 8.19. The minimum atomic E-state index is -0.122. The molecule has 0 spiro atoms. The number of benzene rings is 1. The molecular formula is C13H17Cl2NO. The normalized spacial score (nSPS) is 12.2. The topological polar surface area (TPSA) is 29.1 Å². The van der Waals surface area contributed by atoms with Gasteiger partial charge in [-0.05, 0) is 24.5 Å². The Balaban J connectivity index is 2.52. The van der Waals surface area contributed by atoms with E-state index in [1.807, 2.05) is 6.07 Å². The molecule has 2 nitrogen and oxygen atoms in total. The van der Waals surface area contributed by atoms with Gasteiger partial charge in [-0.25, -0.2) is 0 Å². The van der Waals surface area contributed by atoms with E-state index in [0.717, 1.165) is 12.8 Å². The molecule has 1 atom stereocenters. The predicted octanol–water partition coefficient (Wildman–Crippen LogP) is 3.72. The second kappa shape index (κ2) is 7.57. The fourth-order valence-electron chi connectivity index (χ4n) is 1.58. The van der Waals surface area contributed by atoms with Gasteiger partial charge in [0.1, 0.15) is 0 Å². The van der Waals surface area contributed by atoms with Crippen molar-refractivity contribution in [3.63, 3.8) is 0 Å². The zero-order valence-corrected chi connectivity index (χ0v) is 11.4. The molecule has 1 aromatic rings. The second-order valence-electron chi connectivity index (χ2n) is 3.94. The standard InChI is InChI=1S/C13H17Cl2NO/c1-2-10(7-8-14)9-16-13(17)11-5-3-4-6-12(11)15/h3-6,10H,2,7-9H2,1H3,(H,16,17). The molecule has 1 aromatic carbocycles. The molecule has 0 radical (unpaired) electrons. The molecule has 0 aliphatic rings. The Morgan fingerprint density at radius 3 is 2.71 bits per heavy atom. The number of hydrogen-bond acceptors (Lipinski definition) is 1. The number of carbonyl (C=O) groups is 1. The minimum absolute atomic E-state index is 0.122. The Morgan fingerprint density at radius 1 is 1.41 bits per heavy atom. The number of alkyl halides is 1. The van der Waals surface area contributed by atoms with E-state index in [1.54, 1.807) is 18.2 Å². The van der Waals surface area contributed by atoms with E-state index in [0.29, 0.717) is 28.9 Å². The number of hydrogen-bond donors (Lipinski definition) is 1. The summed E-state index contributed by atoms with van der Waals surface area (Å²) < 4.78 is 0. The molecule has 1 rings (SSSR count). The fraction of sp³-hybridized carbons (Fsp3) is 0.462. The van der Waals surface area contributed by atoms with Crippen LogP contribution in [0.3, 0.4) is 0 Å². The number of rotatable bonds is 6. The molecule has 1 unspecified atom stereocenters. The highest BCUT2D eigenvalue weighted by Gasteiger charge is 2.11. The number of carbonyl (C=O) groups excluding carboxylic acids is 1. The Hall–Kier alpha value is -0.730. The van der Waals surface area contributed by atoms with Crippen molar-refractivity contribution in [3.05, 3.63) is 34.9 Å². The van der Waals surface area contributed by atoms with E-state index in [4.69, 9.17) is 23.2 Å². The molecule has 1 N–H and O–H groups in total. The maximum atomic E-state index is 11.9. The van der Waals surface area contributed by atoms with Gasteiger partial charge in [0, 0.05) is 12.4 Å². The Labute approximate surface area is 112 Å². The monoisotopic (exact) mass is 273 g/mol. The van der Waals surface area contributed by atoms with Crippen LogP contribution in [0.25, 0.3) is 0 Å². The molecule has 0 heterocycles. The van der Waals surface area contributed by atoms with Crippen LogP contribution in [0, 0.1) is 5.92 Å². The lowest BCUT2D eigenvalue weighted by atomic mass is 10.0. The van der Waals surface area contributed by atoms with Gasteiger partial charge in [-0.2, -0.15) is 0 Å². The van der Waals surface area contributed by atoms with Crippen molar-refractivity contribution >= 4 is 29.1 Å². The van der Waals surface area contributed by atoms with Crippen LogP contribution < -0.4 is 5.32 Å². The maximum absolute atomic E-state index is 11.9. The molecule has 0 saturated heterocycles. The lowest BCUT2D eigenvalue weighted by Gasteiger charge is -2.14. The first kappa shape index (κ1) is 14.3. The van der Waals surface area contributed by atoms with Crippen LogP contribution in [0.5, 0.6) is 0 Å². The SMILES string of the molecule is CCC(CCCl)CNC(=O)c1ccccc1Cl. The quantitative estimate of drug-likeness (QED) is 0.787. The van der Waals surface area contributed by atoms with Gasteiger partial charge in [-0.1, -0.05) is 37.1 Å². The van der Waals surface area contributed by atoms with Gasteiger partial charge in [0.2, 0.25) is 0 Å². The minimum Gasteiger partial charge on any atom is -0.352 e. The molecule has 0 fully saturated rings. The van der Waals surface area contributed by atoms with Crippen molar-refractivity contribution in [2.75, 3.05) is 12.4 Å². The first-order valence-electron chi connectivity index (χ1n) is 5.77. The molecule has 0 aromatic heterocycles. The third kappa shape index (κ3) is 4.57. The summed E-state index contributed by atoms with van der Waals surface area (Å²) in [5.41, 5.74) is 0.523. The van der Waals surface area contributed by atoms with Gasteiger partial charge in [-0.3, -0.25) is 4.79 Å². The Kier molecular flexibility index (Phi) is 6.38. The van der Waals surface area contributed by atoms with Gasteiger partial charge < -0.3 is 5.32 Å². The van der Waals surface area contributed by atoms with Gasteiger partial charge in [0.15, 0.2) is 0 Å². The van der Waals surface area contributed by atoms with Crippen molar-refractivity contribution in [1.82, 2.24) is 5.32 Å². The van der Waals surface area contributed by atoms with Crippen LogP contribution in [0.2, 0.25) is 5.02 Å². The molecule has 17 heavy (non-hydrogen) atoms. The summed E-state index contributed by atoms with van der Waals surface area (Å²) in [6, 6.07) is 7.05. The smallest absolute Gasteiger partial charge is 0.252 e. The van der Waals surface area contributed by atoms with Crippen molar-refractivity contribution in [3.8, 4) is 0 Å². The molecule has 0 aliphatic carbocycles. The zero-order valence-electron chi connectivity index (χ0n) is 9.88. The fourth-order valence-corrected chi connectivity index (χ4v) is 2.11. The van der Waals surface area contributed by atoms with E-state index >= 15 is 0 Å². The summed E-state index contributed by atoms with van der Waals surface area (Å²) in [6.45, 7) is 2.74. The summed E-state index contributed by atoms with van der Waals surface area (Å²) in [5, 5.41) is 3.38. The molecular weight excluding hydrogens is 257 g/mol. The number of nitrogens with one attached hydrogen (secondary N) is 1. The van der Waals surface area contributed by atoms with Crippen molar-refractivity contribution < 1.29 is 4.79 Å². The summed E-state index contributed by atoms with van der Waals surface area (Å²) in [4.78, 5) is 11.9. The number of amides is 1. The summed E-state index contributed by atoms with van der Waals surface area (Å²) in [7, 11) is 0. The molecule has 94 valence electrons. The molecule has 0 bridgehead atoms. The van der Waals surface area contributed by atoms with Crippen LogP contribution in [-0.4, -0.2) is 18.3 Å². The van der Waals surface area contributed by atoms with Crippen LogP contribution >= 0.6 is 23.2 Å². The van der Waals surface area contributed by atoms with E-state index in [9.17, 15) is 4.79 Å².